The Hall–Kier alpha value is -3.78. The van der Waals surface area contributed by atoms with Gasteiger partial charge in [0.25, 0.3) is 5.89 Å². The van der Waals surface area contributed by atoms with E-state index in [1.807, 2.05) is 49.6 Å². The van der Waals surface area contributed by atoms with Crippen molar-refractivity contribution in [2.45, 2.75) is 12.5 Å². The molecule has 8 heteroatoms. The molecule has 5 rings (SSSR count). The van der Waals surface area contributed by atoms with Crippen molar-refractivity contribution in [2.75, 3.05) is 0 Å². The zero-order valence-electron chi connectivity index (χ0n) is 15.9. The lowest BCUT2D eigenvalue weighted by atomic mass is 9.96. The highest BCUT2D eigenvalue weighted by Gasteiger charge is 2.32. The summed E-state index contributed by atoms with van der Waals surface area (Å²) in [6, 6.07) is 11.2. The molecule has 4 aromatic heterocycles. The third kappa shape index (κ3) is 2.90. The van der Waals surface area contributed by atoms with Gasteiger partial charge in [-0.1, -0.05) is 35.5 Å². The number of nitrogens with zero attached hydrogens (tertiary/aromatic N) is 5. The molecule has 5 aromatic rings. The zero-order valence-corrected chi connectivity index (χ0v) is 15.9. The van der Waals surface area contributed by atoms with Crippen LogP contribution in [-0.4, -0.2) is 35.0 Å². The van der Waals surface area contributed by atoms with Crippen molar-refractivity contribution in [1.29, 1.82) is 0 Å². The molecule has 0 saturated carbocycles. The fourth-order valence-corrected chi connectivity index (χ4v) is 3.33. The quantitative estimate of drug-likeness (QED) is 0.491. The van der Waals surface area contributed by atoms with Crippen molar-refractivity contribution in [3.8, 4) is 22.5 Å². The number of rotatable bonds is 4. The fourth-order valence-electron chi connectivity index (χ4n) is 3.33. The van der Waals surface area contributed by atoms with E-state index in [1.54, 1.807) is 30.2 Å². The Morgan fingerprint density at radius 1 is 1.14 bits per heavy atom. The third-order valence-corrected chi connectivity index (χ3v) is 4.99. The lowest BCUT2D eigenvalue weighted by molar-refractivity contribution is 0.0638. The van der Waals surface area contributed by atoms with E-state index in [0.717, 1.165) is 22.1 Å². The van der Waals surface area contributed by atoms with Gasteiger partial charge < -0.3 is 14.6 Å². The van der Waals surface area contributed by atoms with Crippen LogP contribution in [0, 0.1) is 0 Å². The molecule has 0 aliphatic rings. The van der Waals surface area contributed by atoms with Crippen LogP contribution < -0.4 is 0 Å². The van der Waals surface area contributed by atoms with Gasteiger partial charge >= 0.3 is 0 Å². The maximum absolute atomic E-state index is 11.0. The van der Waals surface area contributed by atoms with Gasteiger partial charge in [0.15, 0.2) is 5.60 Å². The second-order valence-corrected chi connectivity index (χ2v) is 7.09. The molecular weight excluding hydrogens is 368 g/mol. The van der Waals surface area contributed by atoms with Gasteiger partial charge in [-0.2, -0.15) is 10.1 Å². The van der Waals surface area contributed by atoms with Crippen molar-refractivity contribution in [3.05, 3.63) is 72.6 Å². The van der Waals surface area contributed by atoms with Gasteiger partial charge in [0.05, 0.1) is 6.20 Å². The van der Waals surface area contributed by atoms with E-state index in [0.29, 0.717) is 17.0 Å². The van der Waals surface area contributed by atoms with Crippen LogP contribution in [0.1, 0.15) is 18.4 Å². The number of fused-ring (bicyclic) bond motifs is 1. The number of hydrogen-bond donors (Lipinski definition) is 2. The molecule has 0 saturated heterocycles. The largest absolute Gasteiger partial charge is 0.376 e. The molecule has 0 fully saturated rings. The molecule has 0 bridgehead atoms. The highest BCUT2D eigenvalue weighted by Crippen LogP contribution is 2.32. The summed E-state index contributed by atoms with van der Waals surface area (Å²) >= 11 is 0. The van der Waals surface area contributed by atoms with Gasteiger partial charge in [-0.25, -0.2) is 4.98 Å². The summed E-state index contributed by atoms with van der Waals surface area (Å²) in [6.45, 7) is 1.64. The lowest BCUT2D eigenvalue weighted by Gasteiger charge is -2.18. The number of aliphatic hydroxyl groups is 1. The minimum absolute atomic E-state index is 0.129. The SMILES string of the molecule is Cn1cc(-c2cnc3[nH]cc(-c4noc(C(C)(O)c5ccccc5)n4)c3c2)cn1. The molecule has 4 heterocycles. The van der Waals surface area contributed by atoms with Gasteiger partial charge in [-0.3, -0.25) is 4.68 Å². The lowest BCUT2D eigenvalue weighted by Crippen LogP contribution is -2.23. The first-order valence-electron chi connectivity index (χ1n) is 9.11. The monoisotopic (exact) mass is 386 g/mol. The molecule has 29 heavy (non-hydrogen) atoms. The van der Waals surface area contributed by atoms with E-state index in [4.69, 9.17) is 4.52 Å². The summed E-state index contributed by atoms with van der Waals surface area (Å²) in [6.07, 6.45) is 7.30. The van der Waals surface area contributed by atoms with Crippen molar-refractivity contribution < 1.29 is 9.63 Å². The van der Waals surface area contributed by atoms with Crippen LogP contribution >= 0.6 is 0 Å². The molecule has 0 aliphatic carbocycles. The van der Waals surface area contributed by atoms with Gasteiger partial charge in [-0.05, 0) is 18.6 Å². The Balaban J connectivity index is 1.57. The fraction of sp³-hybridized carbons (Fsp3) is 0.143. The number of aromatic amines is 1. The molecule has 0 spiro atoms. The number of aryl methyl sites for hydroxylation is 1. The van der Waals surface area contributed by atoms with E-state index in [9.17, 15) is 5.11 Å². The van der Waals surface area contributed by atoms with Gasteiger partial charge in [0.1, 0.15) is 5.65 Å². The first kappa shape index (κ1) is 17.3. The average Bonchev–Trinajstić information content (AvgIpc) is 3.47. The average molecular weight is 386 g/mol. The molecule has 144 valence electrons. The van der Waals surface area contributed by atoms with Gasteiger partial charge in [-0.15, -0.1) is 0 Å². The summed E-state index contributed by atoms with van der Waals surface area (Å²) in [5.41, 5.74) is 2.65. The standard InChI is InChI=1S/C21H18N6O2/c1-21(28,15-6-4-3-5-7-15)20-25-19(26-29-20)17-11-23-18-16(17)8-13(9-22-18)14-10-24-27(2)12-14/h3-12,28H,1-2H3,(H,22,23). The van der Waals surface area contributed by atoms with Crippen LogP contribution in [-0.2, 0) is 12.6 Å². The highest BCUT2D eigenvalue weighted by molar-refractivity contribution is 5.94. The van der Waals surface area contributed by atoms with E-state index >= 15 is 0 Å². The van der Waals surface area contributed by atoms with Gasteiger partial charge in [0, 0.05) is 47.7 Å². The zero-order chi connectivity index (χ0) is 20.0. The molecule has 0 aliphatic heterocycles. The number of H-pyrrole nitrogens is 1. The third-order valence-electron chi connectivity index (χ3n) is 4.99. The Morgan fingerprint density at radius 2 is 1.97 bits per heavy atom. The van der Waals surface area contributed by atoms with Crippen LogP contribution in [0.25, 0.3) is 33.5 Å². The maximum Gasteiger partial charge on any atom is 0.263 e. The van der Waals surface area contributed by atoms with E-state index < -0.39 is 5.60 Å². The molecule has 2 N–H and O–H groups in total. The number of aromatic nitrogens is 6. The van der Waals surface area contributed by atoms with Crippen LogP contribution in [0.3, 0.4) is 0 Å². The topological polar surface area (TPSA) is 106 Å². The summed E-state index contributed by atoms with van der Waals surface area (Å²) in [7, 11) is 1.87. The van der Waals surface area contributed by atoms with Crippen molar-refractivity contribution in [2.24, 2.45) is 7.05 Å². The smallest absolute Gasteiger partial charge is 0.263 e. The number of benzene rings is 1. The first-order chi connectivity index (χ1) is 14.0. The maximum atomic E-state index is 11.0. The van der Waals surface area contributed by atoms with E-state index in [-0.39, 0.29) is 5.89 Å². The van der Waals surface area contributed by atoms with E-state index in [1.165, 1.54) is 0 Å². The summed E-state index contributed by atoms with van der Waals surface area (Å²) in [5, 5.41) is 20.1. The summed E-state index contributed by atoms with van der Waals surface area (Å²) in [4.78, 5) is 12.1. The normalized spacial score (nSPS) is 13.6. The molecule has 8 nitrogen and oxygen atoms in total. The van der Waals surface area contributed by atoms with E-state index in [2.05, 4.69) is 25.2 Å². The second kappa shape index (κ2) is 6.39. The highest BCUT2D eigenvalue weighted by atomic mass is 16.5. The minimum Gasteiger partial charge on any atom is -0.376 e. The summed E-state index contributed by atoms with van der Waals surface area (Å²) < 4.78 is 7.16. The predicted octanol–water partition coefficient (Wildman–Crippen LogP) is 3.27. The molecule has 1 aromatic carbocycles. The Kier molecular flexibility index (Phi) is 3.82. The number of pyridine rings is 1. The summed E-state index contributed by atoms with van der Waals surface area (Å²) in [5.74, 6) is 0.511. The van der Waals surface area contributed by atoms with Crippen molar-refractivity contribution in [3.63, 3.8) is 0 Å². The van der Waals surface area contributed by atoms with Crippen LogP contribution in [0.5, 0.6) is 0 Å². The molecular formula is C21H18N6O2. The first-order valence-corrected chi connectivity index (χ1v) is 9.11. The minimum atomic E-state index is -1.39. The molecule has 1 atom stereocenters. The molecule has 1 unspecified atom stereocenters. The predicted molar refractivity (Wildman–Crippen MR) is 107 cm³/mol. The number of nitrogens with one attached hydrogen (secondary N) is 1. The van der Waals surface area contributed by atoms with Crippen LogP contribution in [0.2, 0.25) is 0 Å². The van der Waals surface area contributed by atoms with Crippen molar-refractivity contribution >= 4 is 11.0 Å². The Morgan fingerprint density at radius 3 is 2.72 bits per heavy atom. The van der Waals surface area contributed by atoms with Crippen LogP contribution in [0.15, 0.2) is 65.7 Å². The van der Waals surface area contributed by atoms with Crippen LogP contribution in [0.4, 0.5) is 0 Å². The second-order valence-electron chi connectivity index (χ2n) is 7.09. The van der Waals surface area contributed by atoms with Crippen molar-refractivity contribution in [1.82, 2.24) is 29.9 Å². The molecule has 0 amide bonds. The number of hydrogen-bond acceptors (Lipinski definition) is 6. The van der Waals surface area contributed by atoms with Gasteiger partial charge in [0.2, 0.25) is 5.82 Å². The Bertz CT molecular complexity index is 1300. The Labute approximate surface area is 165 Å². The molecule has 0 radical (unpaired) electrons.